The van der Waals surface area contributed by atoms with Crippen molar-refractivity contribution in [3.8, 4) is 11.1 Å². The zero-order chi connectivity index (χ0) is 40.3. The Morgan fingerprint density at radius 1 is 0.426 bits per heavy atom. The molecule has 2 atom stereocenters. The van der Waals surface area contributed by atoms with E-state index < -0.39 is 12.6 Å². The van der Waals surface area contributed by atoms with E-state index in [0.717, 1.165) is 65.8 Å². The van der Waals surface area contributed by atoms with E-state index in [4.69, 9.17) is 4.42 Å². The van der Waals surface area contributed by atoms with E-state index in [1.807, 2.05) is 72.1 Å². The summed E-state index contributed by atoms with van der Waals surface area (Å²) < 4.78 is 23.1. The summed E-state index contributed by atoms with van der Waals surface area (Å²) in [5.41, 5.74) is 11.1. The molecule has 61 heavy (non-hydrogen) atoms. The number of furan rings is 1. The Hall–Kier alpha value is -6.49. The van der Waals surface area contributed by atoms with Crippen molar-refractivity contribution in [2.24, 2.45) is 0 Å². The number of anilines is 3. The molecule has 0 bridgehead atoms. The van der Waals surface area contributed by atoms with Crippen LogP contribution in [-0.4, -0.2) is 0 Å². The van der Waals surface area contributed by atoms with E-state index in [-0.39, 0.29) is 0 Å². The van der Waals surface area contributed by atoms with Gasteiger partial charge in [0, 0.05) is 52.0 Å². The third kappa shape index (κ3) is 4.94. The van der Waals surface area contributed by atoms with Crippen molar-refractivity contribution in [1.82, 2.24) is 0 Å². The highest BCUT2D eigenvalue weighted by molar-refractivity contribution is 8.00. The minimum Gasteiger partial charge on any atom is -0.456 e. The van der Waals surface area contributed by atoms with E-state index >= 15 is 4.57 Å². The molecule has 1 aromatic heterocycles. The van der Waals surface area contributed by atoms with Gasteiger partial charge in [-0.1, -0.05) is 163 Å². The van der Waals surface area contributed by atoms with Gasteiger partial charge in [-0.2, -0.15) is 0 Å². The lowest BCUT2D eigenvalue weighted by molar-refractivity contribution is 0.589. The summed E-state index contributed by atoms with van der Waals surface area (Å²) in [5.74, 6) is 0. The Morgan fingerprint density at radius 2 is 1.07 bits per heavy atom. The maximum Gasteiger partial charge on any atom is 0.171 e. The molecule has 6 heteroatoms. The quantitative estimate of drug-likeness (QED) is 0.166. The van der Waals surface area contributed by atoms with Crippen molar-refractivity contribution < 1.29 is 8.98 Å². The van der Waals surface area contributed by atoms with Gasteiger partial charge in [0.05, 0.1) is 16.8 Å². The maximum atomic E-state index is 16.5. The molecule has 0 fully saturated rings. The second-order valence-electron chi connectivity index (χ2n) is 15.9. The van der Waals surface area contributed by atoms with Crippen LogP contribution in [0.2, 0.25) is 0 Å². The Labute approximate surface area is 362 Å². The molecule has 0 radical (unpaired) electrons. The summed E-state index contributed by atoms with van der Waals surface area (Å²) >= 11 is 3.65. The number of benzene rings is 9. The van der Waals surface area contributed by atoms with Crippen LogP contribution in [0.4, 0.5) is 17.1 Å². The van der Waals surface area contributed by atoms with E-state index in [1.165, 1.54) is 42.1 Å². The van der Waals surface area contributed by atoms with E-state index in [0.29, 0.717) is 0 Å². The molecule has 13 rings (SSSR count). The zero-order valence-electron chi connectivity index (χ0n) is 32.7. The van der Waals surface area contributed by atoms with Gasteiger partial charge in [0.1, 0.15) is 11.2 Å². The largest absolute Gasteiger partial charge is 0.456 e. The molecule has 3 aliphatic heterocycles. The summed E-state index contributed by atoms with van der Waals surface area (Å²) in [7, 11) is -3.41. The molecule has 4 heterocycles. The molecule has 0 saturated carbocycles. The van der Waals surface area contributed by atoms with Gasteiger partial charge >= 0.3 is 0 Å². The summed E-state index contributed by atoms with van der Waals surface area (Å²) in [5, 5.41) is 4.59. The minimum atomic E-state index is -3.41. The highest BCUT2D eigenvalue weighted by Gasteiger charge is 2.54. The zero-order valence-corrected chi connectivity index (χ0v) is 35.2. The Morgan fingerprint density at radius 3 is 1.89 bits per heavy atom. The van der Waals surface area contributed by atoms with E-state index in [9.17, 15) is 0 Å². The number of hydrogen-bond donors (Lipinski definition) is 0. The fourth-order valence-corrected chi connectivity index (χ4v) is 15.6. The maximum absolute atomic E-state index is 16.5. The van der Waals surface area contributed by atoms with E-state index in [1.54, 1.807) is 0 Å². The van der Waals surface area contributed by atoms with Crippen LogP contribution in [0.25, 0.3) is 33.1 Å². The number of para-hydroxylation sites is 3. The molecule has 288 valence electrons. The SMILES string of the molecule is O=P1(c2ccccc2)c2ccccc2C2(c3ccccc3Sc3cc(-c4cccc(N5c6ccccc6Sc6ccccc65)c4)ccc32)c2cc3c(cc21)oc1ccccc13. The highest BCUT2D eigenvalue weighted by Crippen LogP contribution is 2.62. The molecule has 1 spiro atoms. The molecule has 0 amide bonds. The lowest BCUT2D eigenvalue weighted by atomic mass is 9.64. The highest BCUT2D eigenvalue weighted by atomic mass is 32.2. The third-order valence-electron chi connectivity index (χ3n) is 12.8. The van der Waals surface area contributed by atoms with Gasteiger partial charge in [0.25, 0.3) is 0 Å². The third-order valence-corrected chi connectivity index (χ3v) is 18.2. The summed E-state index contributed by atoms with van der Waals surface area (Å²) in [6.07, 6.45) is 0. The lowest BCUT2D eigenvalue weighted by Gasteiger charge is -2.47. The van der Waals surface area contributed by atoms with Crippen LogP contribution in [0.1, 0.15) is 22.3 Å². The molecule has 3 aliphatic rings. The van der Waals surface area contributed by atoms with E-state index in [2.05, 4.69) is 163 Å². The first-order valence-corrected chi connectivity index (χ1v) is 23.9. The summed E-state index contributed by atoms with van der Waals surface area (Å²) in [6.45, 7) is 0. The number of hydrogen-bond acceptors (Lipinski definition) is 5. The van der Waals surface area contributed by atoms with Crippen LogP contribution < -0.4 is 20.8 Å². The molecule has 9 aromatic carbocycles. The average molecular weight is 836 g/mol. The second-order valence-corrected chi connectivity index (χ2v) is 20.8. The van der Waals surface area contributed by atoms with Crippen molar-refractivity contribution in [3.05, 3.63) is 229 Å². The number of fused-ring (bicyclic) bond motifs is 13. The van der Waals surface area contributed by atoms with Gasteiger partial charge in [-0.15, -0.1) is 0 Å². The fraction of sp³-hybridized carbons (Fsp3) is 0.0182. The molecular weight excluding hydrogens is 802 g/mol. The number of rotatable bonds is 3. The molecule has 3 nitrogen and oxygen atoms in total. The van der Waals surface area contributed by atoms with Crippen LogP contribution in [0, 0.1) is 0 Å². The van der Waals surface area contributed by atoms with Gasteiger partial charge in [-0.25, -0.2) is 0 Å². The number of nitrogens with zero attached hydrogens (tertiary/aromatic N) is 1. The Balaban J connectivity index is 1.07. The van der Waals surface area contributed by atoms with Crippen LogP contribution in [-0.2, 0) is 9.98 Å². The van der Waals surface area contributed by atoms with Gasteiger partial charge in [0.2, 0.25) is 0 Å². The Bertz CT molecular complexity index is 3460. The van der Waals surface area contributed by atoms with Gasteiger partial charge in [0.15, 0.2) is 7.14 Å². The van der Waals surface area contributed by atoms with Crippen molar-refractivity contribution >= 4 is 85.6 Å². The van der Waals surface area contributed by atoms with Gasteiger partial charge in [-0.3, -0.25) is 0 Å². The van der Waals surface area contributed by atoms with Crippen molar-refractivity contribution in [1.29, 1.82) is 0 Å². The second kappa shape index (κ2) is 13.3. The van der Waals surface area contributed by atoms with Crippen molar-refractivity contribution in [2.75, 3.05) is 4.90 Å². The first-order valence-electron chi connectivity index (χ1n) is 20.5. The Kier molecular flexibility index (Phi) is 7.67. The monoisotopic (exact) mass is 835 g/mol. The standard InChI is InChI=1S/C55H34NO2PS2/c57-59(38-17-2-1-3-18-38)49-25-10-5-20-41(49)55(44-33-40-39-19-4-9-24-47(39)58-48(40)34-50(44)59)42-21-6-11-26-51(42)60-54-32-36(29-30-43(54)55)35-15-14-16-37(31-35)56-45-22-7-12-27-52(45)61-53-28-13-8-23-46(53)56/h1-34H. The minimum absolute atomic E-state index is 0.747. The molecule has 10 aromatic rings. The van der Waals surface area contributed by atoms with Crippen LogP contribution in [0.15, 0.2) is 230 Å². The molecule has 0 aliphatic carbocycles. The molecule has 0 N–H and O–H groups in total. The normalized spacial score (nSPS) is 18.2. The topological polar surface area (TPSA) is 33.5 Å². The average Bonchev–Trinajstić information content (AvgIpc) is 3.69. The predicted molar refractivity (Wildman–Crippen MR) is 253 cm³/mol. The first kappa shape index (κ1) is 35.3. The van der Waals surface area contributed by atoms with Gasteiger partial charge in [-0.05, 0) is 100 Å². The summed E-state index contributed by atoms with van der Waals surface area (Å²) in [4.78, 5) is 7.25. The van der Waals surface area contributed by atoms with Crippen molar-refractivity contribution in [2.45, 2.75) is 25.0 Å². The molecule has 0 saturated heterocycles. The van der Waals surface area contributed by atoms with Crippen molar-refractivity contribution in [3.63, 3.8) is 0 Å². The van der Waals surface area contributed by atoms with Crippen LogP contribution in [0.3, 0.4) is 0 Å². The van der Waals surface area contributed by atoms with Gasteiger partial charge < -0.3 is 13.9 Å². The van der Waals surface area contributed by atoms with Crippen LogP contribution in [0.5, 0.6) is 0 Å². The fourth-order valence-electron chi connectivity index (χ4n) is 10.2. The lowest BCUT2D eigenvalue weighted by Crippen LogP contribution is -2.48. The van der Waals surface area contributed by atoms with Crippen LogP contribution >= 0.6 is 30.7 Å². The summed E-state index contributed by atoms with van der Waals surface area (Å²) in [6, 6.07) is 73.3. The first-order chi connectivity index (χ1) is 30.1. The smallest absolute Gasteiger partial charge is 0.171 e. The predicted octanol–water partition coefficient (Wildman–Crippen LogP) is 14.0. The molecule has 2 unspecified atom stereocenters. The molecular formula is C55H34NO2PS2.